The van der Waals surface area contributed by atoms with Crippen LogP contribution in [0.3, 0.4) is 0 Å². The molecule has 2 aromatic carbocycles. The zero-order valence-corrected chi connectivity index (χ0v) is 11.2. The average molecular weight is 269 g/mol. The molecule has 0 radical (unpaired) electrons. The molecule has 3 aromatic rings. The minimum Gasteiger partial charge on any atom is -0.494 e. The van der Waals surface area contributed by atoms with E-state index < -0.39 is 0 Å². The zero-order valence-electron chi connectivity index (χ0n) is 11.2. The second-order valence-electron chi connectivity index (χ2n) is 4.46. The molecule has 102 valence electrons. The van der Waals surface area contributed by atoms with Crippen molar-refractivity contribution in [2.75, 3.05) is 13.7 Å². The summed E-state index contributed by atoms with van der Waals surface area (Å²) in [6.07, 6.45) is 0.595. The first-order valence-electron chi connectivity index (χ1n) is 6.42. The SMILES string of the molecule is COc1ccc(CCO)cc1-n1nc2ccccc2n1. The number of benzene rings is 2. The largest absolute Gasteiger partial charge is 0.494 e. The van der Waals surface area contributed by atoms with Crippen molar-refractivity contribution in [3.8, 4) is 11.4 Å². The topological polar surface area (TPSA) is 60.2 Å². The number of nitrogens with zero attached hydrogens (tertiary/aromatic N) is 3. The second-order valence-corrected chi connectivity index (χ2v) is 4.46. The molecule has 0 atom stereocenters. The van der Waals surface area contributed by atoms with E-state index in [-0.39, 0.29) is 6.61 Å². The molecule has 0 spiro atoms. The molecule has 1 heterocycles. The molecule has 0 saturated heterocycles. The molecular weight excluding hydrogens is 254 g/mol. The number of aliphatic hydroxyl groups excluding tert-OH is 1. The van der Waals surface area contributed by atoms with Gasteiger partial charge in [0.15, 0.2) is 0 Å². The van der Waals surface area contributed by atoms with E-state index >= 15 is 0 Å². The molecule has 0 saturated carbocycles. The lowest BCUT2D eigenvalue weighted by Crippen LogP contribution is -2.03. The number of methoxy groups -OCH3 is 1. The third-order valence-electron chi connectivity index (χ3n) is 3.15. The Labute approximate surface area is 116 Å². The average Bonchev–Trinajstić information content (AvgIpc) is 2.91. The van der Waals surface area contributed by atoms with Crippen molar-refractivity contribution < 1.29 is 9.84 Å². The molecule has 1 N–H and O–H groups in total. The van der Waals surface area contributed by atoms with E-state index in [9.17, 15) is 0 Å². The molecule has 0 aliphatic rings. The van der Waals surface area contributed by atoms with Gasteiger partial charge < -0.3 is 9.84 Å². The predicted octanol–water partition coefficient (Wildman–Crippen LogP) is 1.96. The molecule has 5 heteroatoms. The number of hydrogen-bond acceptors (Lipinski definition) is 4. The summed E-state index contributed by atoms with van der Waals surface area (Å²) in [5, 5.41) is 18.0. The number of aromatic nitrogens is 3. The van der Waals surface area contributed by atoms with Gasteiger partial charge in [-0.2, -0.15) is 0 Å². The molecule has 1 aromatic heterocycles. The van der Waals surface area contributed by atoms with Crippen LogP contribution in [0.25, 0.3) is 16.7 Å². The summed E-state index contributed by atoms with van der Waals surface area (Å²) >= 11 is 0. The molecule has 0 bridgehead atoms. The molecule has 3 rings (SSSR count). The van der Waals surface area contributed by atoms with Crippen molar-refractivity contribution in [1.82, 2.24) is 15.0 Å². The van der Waals surface area contributed by atoms with Gasteiger partial charge in [0.05, 0.1) is 7.11 Å². The van der Waals surface area contributed by atoms with Crippen molar-refractivity contribution in [2.45, 2.75) is 6.42 Å². The lowest BCUT2D eigenvalue weighted by Gasteiger charge is -2.09. The summed E-state index contributed by atoms with van der Waals surface area (Å²) in [7, 11) is 1.62. The van der Waals surface area contributed by atoms with Crippen molar-refractivity contribution in [2.24, 2.45) is 0 Å². The third-order valence-corrected chi connectivity index (χ3v) is 3.15. The second kappa shape index (κ2) is 5.30. The Bertz CT molecular complexity index is 704. The number of ether oxygens (including phenoxy) is 1. The lowest BCUT2D eigenvalue weighted by molar-refractivity contribution is 0.299. The fourth-order valence-corrected chi connectivity index (χ4v) is 2.14. The monoisotopic (exact) mass is 269 g/mol. The molecule has 0 amide bonds. The number of fused-ring (bicyclic) bond motifs is 1. The molecule has 5 nitrogen and oxygen atoms in total. The molecule has 0 fully saturated rings. The Morgan fingerprint density at radius 3 is 2.40 bits per heavy atom. The highest BCUT2D eigenvalue weighted by atomic mass is 16.5. The van der Waals surface area contributed by atoms with Gasteiger partial charge in [0.2, 0.25) is 0 Å². The van der Waals surface area contributed by atoms with Crippen LogP contribution in [-0.2, 0) is 6.42 Å². The Morgan fingerprint density at radius 1 is 1.10 bits per heavy atom. The van der Waals surface area contributed by atoms with Crippen LogP contribution >= 0.6 is 0 Å². The Kier molecular flexibility index (Phi) is 3.35. The smallest absolute Gasteiger partial charge is 0.146 e. The van der Waals surface area contributed by atoms with Gasteiger partial charge in [-0.25, -0.2) is 0 Å². The van der Waals surface area contributed by atoms with Gasteiger partial charge in [-0.1, -0.05) is 18.2 Å². The molecule has 20 heavy (non-hydrogen) atoms. The van der Waals surface area contributed by atoms with Gasteiger partial charge in [-0.15, -0.1) is 15.0 Å². The van der Waals surface area contributed by atoms with Gasteiger partial charge in [0.25, 0.3) is 0 Å². The van der Waals surface area contributed by atoms with Crippen LogP contribution in [0.2, 0.25) is 0 Å². The fraction of sp³-hybridized carbons (Fsp3) is 0.200. The van der Waals surface area contributed by atoms with E-state index in [2.05, 4.69) is 10.2 Å². The minimum atomic E-state index is 0.111. The number of rotatable bonds is 4. The molecule has 0 aliphatic carbocycles. The maximum atomic E-state index is 9.05. The highest BCUT2D eigenvalue weighted by Gasteiger charge is 2.10. The maximum Gasteiger partial charge on any atom is 0.146 e. The van der Waals surface area contributed by atoms with Crippen LogP contribution < -0.4 is 4.74 Å². The fourth-order valence-electron chi connectivity index (χ4n) is 2.14. The van der Waals surface area contributed by atoms with Crippen molar-refractivity contribution in [3.05, 3.63) is 48.0 Å². The highest BCUT2D eigenvalue weighted by molar-refractivity contribution is 5.73. The third kappa shape index (κ3) is 2.23. The first-order chi connectivity index (χ1) is 9.81. The van der Waals surface area contributed by atoms with E-state index in [1.807, 2.05) is 42.5 Å². The number of aliphatic hydroxyl groups is 1. The Morgan fingerprint density at radius 2 is 1.80 bits per heavy atom. The van der Waals surface area contributed by atoms with E-state index in [0.717, 1.165) is 22.3 Å². The van der Waals surface area contributed by atoms with E-state index in [0.29, 0.717) is 12.2 Å². The Balaban J connectivity index is 2.13. The molecule has 0 unspecified atom stereocenters. The summed E-state index contributed by atoms with van der Waals surface area (Å²) in [4.78, 5) is 1.57. The first-order valence-corrected chi connectivity index (χ1v) is 6.42. The van der Waals surface area contributed by atoms with Crippen LogP contribution in [0.5, 0.6) is 5.75 Å². The summed E-state index contributed by atoms with van der Waals surface area (Å²) < 4.78 is 5.37. The van der Waals surface area contributed by atoms with Crippen LogP contribution in [0.4, 0.5) is 0 Å². The summed E-state index contributed by atoms with van der Waals surface area (Å²) in [5.74, 6) is 0.701. The van der Waals surface area contributed by atoms with Gasteiger partial charge in [0, 0.05) is 6.61 Å². The quantitative estimate of drug-likeness (QED) is 0.786. The zero-order chi connectivity index (χ0) is 13.9. The normalized spacial score (nSPS) is 10.9. The van der Waals surface area contributed by atoms with E-state index in [4.69, 9.17) is 9.84 Å². The van der Waals surface area contributed by atoms with Crippen LogP contribution in [0, 0.1) is 0 Å². The summed E-state index contributed by atoms with van der Waals surface area (Å²) in [6, 6.07) is 13.4. The van der Waals surface area contributed by atoms with Gasteiger partial charge >= 0.3 is 0 Å². The van der Waals surface area contributed by atoms with E-state index in [1.165, 1.54) is 0 Å². The maximum absolute atomic E-state index is 9.05. The van der Waals surface area contributed by atoms with Gasteiger partial charge in [-0.05, 0) is 36.2 Å². The van der Waals surface area contributed by atoms with Crippen LogP contribution in [0.1, 0.15) is 5.56 Å². The van der Waals surface area contributed by atoms with Crippen LogP contribution in [-0.4, -0.2) is 33.8 Å². The van der Waals surface area contributed by atoms with Crippen molar-refractivity contribution >= 4 is 11.0 Å². The van der Waals surface area contributed by atoms with Gasteiger partial charge in [-0.3, -0.25) is 0 Å². The first kappa shape index (κ1) is 12.6. The van der Waals surface area contributed by atoms with E-state index in [1.54, 1.807) is 11.9 Å². The van der Waals surface area contributed by atoms with Crippen molar-refractivity contribution in [1.29, 1.82) is 0 Å². The molecule has 0 aliphatic heterocycles. The highest BCUT2D eigenvalue weighted by Crippen LogP contribution is 2.24. The predicted molar refractivity (Wildman–Crippen MR) is 76.2 cm³/mol. The standard InChI is InChI=1S/C15H15N3O2/c1-20-15-7-6-11(8-9-19)10-14(15)18-16-12-4-2-3-5-13(12)17-18/h2-7,10,19H,8-9H2,1H3. The van der Waals surface area contributed by atoms with Crippen molar-refractivity contribution in [3.63, 3.8) is 0 Å². The lowest BCUT2D eigenvalue weighted by atomic mass is 10.1. The summed E-state index contributed by atoms with van der Waals surface area (Å²) in [5.41, 5.74) is 3.46. The summed E-state index contributed by atoms with van der Waals surface area (Å²) in [6.45, 7) is 0.111. The molecular formula is C15H15N3O2. The minimum absolute atomic E-state index is 0.111. The van der Waals surface area contributed by atoms with Crippen LogP contribution in [0.15, 0.2) is 42.5 Å². The number of hydrogen-bond donors (Lipinski definition) is 1. The Hall–Kier alpha value is -2.40. The van der Waals surface area contributed by atoms with Gasteiger partial charge in [0.1, 0.15) is 22.5 Å².